The van der Waals surface area contributed by atoms with Crippen LogP contribution < -0.4 is 9.46 Å². The normalized spacial score (nSPS) is 11.8. The molecule has 0 saturated carbocycles. The third-order valence-electron chi connectivity index (χ3n) is 4.30. The lowest BCUT2D eigenvalue weighted by Gasteiger charge is -2.07. The van der Waals surface area contributed by atoms with Crippen LogP contribution in [0.15, 0.2) is 53.6 Å². The smallest absolute Gasteiger partial charge is 0.240 e. The number of sulfonamides is 1. The summed E-state index contributed by atoms with van der Waals surface area (Å²) in [5, 5.41) is 1.05. The van der Waals surface area contributed by atoms with E-state index in [1.807, 2.05) is 43.5 Å². The molecule has 1 aromatic heterocycles. The van der Waals surface area contributed by atoms with Gasteiger partial charge in [-0.1, -0.05) is 19.1 Å². The molecule has 5 nitrogen and oxygen atoms in total. The molecule has 6 heteroatoms. The Labute approximate surface area is 148 Å². The first-order valence-electron chi connectivity index (χ1n) is 8.26. The number of ether oxygens (including phenoxy) is 1. The van der Waals surface area contributed by atoms with Crippen LogP contribution in [-0.2, 0) is 22.9 Å². The Morgan fingerprint density at radius 1 is 1.12 bits per heavy atom. The van der Waals surface area contributed by atoms with E-state index in [-0.39, 0.29) is 0 Å². The number of aromatic amines is 1. The maximum absolute atomic E-state index is 12.4. The van der Waals surface area contributed by atoms with Gasteiger partial charge in [-0.05, 0) is 54.3 Å². The van der Waals surface area contributed by atoms with Gasteiger partial charge >= 0.3 is 0 Å². The fourth-order valence-corrected chi connectivity index (χ4v) is 3.83. The van der Waals surface area contributed by atoms with E-state index < -0.39 is 10.0 Å². The number of hydrogen-bond acceptors (Lipinski definition) is 3. The zero-order valence-corrected chi connectivity index (χ0v) is 15.2. The summed E-state index contributed by atoms with van der Waals surface area (Å²) in [6, 6.07) is 12.8. The van der Waals surface area contributed by atoms with Crippen molar-refractivity contribution >= 4 is 20.9 Å². The van der Waals surface area contributed by atoms with Gasteiger partial charge in [0.25, 0.3) is 0 Å². The Kier molecular flexibility index (Phi) is 5.11. The topological polar surface area (TPSA) is 71.2 Å². The Morgan fingerprint density at radius 3 is 2.56 bits per heavy atom. The maximum atomic E-state index is 12.4. The molecule has 0 bridgehead atoms. The van der Waals surface area contributed by atoms with Crippen molar-refractivity contribution in [2.75, 3.05) is 13.7 Å². The summed E-state index contributed by atoms with van der Waals surface area (Å²) in [7, 11) is -1.86. The number of methoxy groups -OCH3 is 1. The fraction of sp³-hybridized carbons (Fsp3) is 0.263. The van der Waals surface area contributed by atoms with E-state index in [2.05, 4.69) is 9.71 Å². The van der Waals surface area contributed by atoms with Crippen molar-refractivity contribution in [1.29, 1.82) is 0 Å². The molecule has 3 aromatic rings. The van der Waals surface area contributed by atoms with Gasteiger partial charge in [0.05, 0.1) is 12.0 Å². The molecule has 0 amide bonds. The second-order valence-corrected chi connectivity index (χ2v) is 7.64. The molecular formula is C19H22N2O3S. The number of fused-ring (bicyclic) bond motifs is 1. The van der Waals surface area contributed by atoms with E-state index in [9.17, 15) is 8.42 Å². The molecule has 0 unspecified atom stereocenters. The summed E-state index contributed by atoms with van der Waals surface area (Å²) in [6.45, 7) is 2.37. The fourth-order valence-electron chi connectivity index (χ4n) is 2.80. The second kappa shape index (κ2) is 7.29. The molecule has 0 radical (unpaired) electrons. The quantitative estimate of drug-likeness (QED) is 0.681. The van der Waals surface area contributed by atoms with Gasteiger partial charge in [0.1, 0.15) is 5.75 Å². The van der Waals surface area contributed by atoms with Gasteiger partial charge in [0, 0.05) is 23.6 Å². The van der Waals surface area contributed by atoms with E-state index >= 15 is 0 Å². The van der Waals surface area contributed by atoms with Crippen LogP contribution in [-0.4, -0.2) is 27.1 Å². The number of aromatic nitrogens is 1. The van der Waals surface area contributed by atoms with Crippen molar-refractivity contribution in [1.82, 2.24) is 9.71 Å². The highest BCUT2D eigenvalue weighted by Gasteiger charge is 2.13. The van der Waals surface area contributed by atoms with Gasteiger partial charge in [0.15, 0.2) is 0 Å². The zero-order valence-electron chi connectivity index (χ0n) is 14.4. The van der Waals surface area contributed by atoms with Crippen LogP contribution in [0.5, 0.6) is 5.75 Å². The van der Waals surface area contributed by atoms with Crippen molar-refractivity contribution in [2.24, 2.45) is 0 Å². The van der Waals surface area contributed by atoms with Gasteiger partial charge in [-0.2, -0.15) is 0 Å². The van der Waals surface area contributed by atoms with Gasteiger partial charge < -0.3 is 9.72 Å². The highest BCUT2D eigenvalue weighted by atomic mass is 32.2. The second-order valence-electron chi connectivity index (χ2n) is 5.87. The molecular weight excluding hydrogens is 336 g/mol. The zero-order chi connectivity index (χ0) is 17.9. The molecule has 1 heterocycles. The summed E-state index contributed by atoms with van der Waals surface area (Å²) < 4.78 is 32.7. The van der Waals surface area contributed by atoms with Crippen LogP contribution in [0.3, 0.4) is 0 Å². The van der Waals surface area contributed by atoms with Crippen LogP contribution in [0.2, 0.25) is 0 Å². The summed E-state index contributed by atoms with van der Waals surface area (Å²) >= 11 is 0. The van der Waals surface area contributed by atoms with E-state index in [1.165, 1.54) is 0 Å². The lowest BCUT2D eigenvalue weighted by atomic mass is 10.1. The van der Waals surface area contributed by atoms with E-state index in [0.29, 0.717) is 17.9 Å². The van der Waals surface area contributed by atoms with E-state index in [4.69, 9.17) is 4.74 Å². The van der Waals surface area contributed by atoms with E-state index in [1.54, 1.807) is 19.2 Å². The molecule has 0 aliphatic heterocycles. The van der Waals surface area contributed by atoms with Crippen molar-refractivity contribution in [2.45, 2.75) is 24.7 Å². The predicted octanol–water partition coefficient (Wildman–Crippen LogP) is 3.26. The van der Waals surface area contributed by atoms with Gasteiger partial charge in [-0.15, -0.1) is 0 Å². The molecule has 132 valence electrons. The number of rotatable bonds is 7. The van der Waals surface area contributed by atoms with Crippen LogP contribution in [0.25, 0.3) is 10.9 Å². The lowest BCUT2D eigenvalue weighted by molar-refractivity contribution is 0.415. The standard InChI is InChI=1S/C19H22N2O3S/c1-3-14-4-7-17(8-5-14)25(22,23)21-11-10-15-13-20-19-9-6-16(24-2)12-18(15)19/h4-9,12-13,20-21H,3,10-11H2,1-2H3. The highest BCUT2D eigenvalue weighted by molar-refractivity contribution is 7.89. The van der Waals surface area contributed by atoms with Crippen molar-refractivity contribution in [3.63, 3.8) is 0 Å². The molecule has 0 spiro atoms. The van der Waals surface area contributed by atoms with Crippen molar-refractivity contribution < 1.29 is 13.2 Å². The summed E-state index contributed by atoms with van der Waals surface area (Å²) in [6.07, 6.45) is 3.39. The number of aryl methyl sites for hydroxylation is 1. The minimum atomic E-state index is -3.49. The molecule has 0 aliphatic carbocycles. The SMILES string of the molecule is CCc1ccc(S(=O)(=O)NCCc2c[nH]c3ccc(OC)cc23)cc1. The average molecular weight is 358 g/mol. The van der Waals surface area contributed by atoms with Crippen LogP contribution in [0, 0.1) is 0 Å². The number of benzene rings is 2. The molecule has 3 rings (SSSR count). The van der Waals surface area contributed by atoms with Gasteiger partial charge in [-0.3, -0.25) is 0 Å². The van der Waals surface area contributed by atoms with Crippen LogP contribution in [0.1, 0.15) is 18.1 Å². The minimum absolute atomic E-state index is 0.297. The van der Waals surface area contributed by atoms with Gasteiger partial charge in [0.2, 0.25) is 10.0 Å². The third-order valence-corrected chi connectivity index (χ3v) is 5.78. The Balaban J connectivity index is 1.69. The predicted molar refractivity (Wildman–Crippen MR) is 99.6 cm³/mol. The number of hydrogen-bond donors (Lipinski definition) is 2. The number of H-pyrrole nitrogens is 1. The average Bonchev–Trinajstić information content (AvgIpc) is 3.04. The summed E-state index contributed by atoms with van der Waals surface area (Å²) in [5.41, 5.74) is 3.18. The first-order valence-corrected chi connectivity index (χ1v) is 9.74. The minimum Gasteiger partial charge on any atom is -0.497 e. The highest BCUT2D eigenvalue weighted by Crippen LogP contribution is 2.23. The molecule has 0 fully saturated rings. The molecule has 0 atom stereocenters. The largest absolute Gasteiger partial charge is 0.497 e. The molecule has 0 aliphatic rings. The third kappa shape index (κ3) is 3.86. The molecule has 0 saturated heterocycles. The lowest BCUT2D eigenvalue weighted by Crippen LogP contribution is -2.25. The van der Waals surface area contributed by atoms with E-state index in [0.717, 1.165) is 34.2 Å². The molecule has 25 heavy (non-hydrogen) atoms. The Hall–Kier alpha value is -2.31. The summed E-state index contributed by atoms with van der Waals surface area (Å²) in [5.74, 6) is 0.782. The van der Waals surface area contributed by atoms with Crippen LogP contribution in [0.4, 0.5) is 0 Å². The summed E-state index contributed by atoms with van der Waals surface area (Å²) in [4.78, 5) is 3.50. The Bertz CT molecular complexity index is 960. The first kappa shape index (κ1) is 17.5. The monoisotopic (exact) mass is 358 g/mol. The van der Waals surface area contributed by atoms with Gasteiger partial charge in [-0.25, -0.2) is 13.1 Å². The Morgan fingerprint density at radius 2 is 1.88 bits per heavy atom. The van der Waals surface area contributed by atoms with Crippen molar-refractivity contribution in [3.8, 4) is 5.75 Å². The van der Waals surface area contributed by atoms with Crippen LogP contribution >= 0.6 is 0 Å². The molecule has 2 N–H and O–H groups in total. The first-order chi connectivity index (χ1) is 12.0. The molecule has 2 aromatic carbocycles. The number of nitrogens with one attached hydrogen (secondary N) is 2. The maximum Gasteiger partial charge on any atom is 0.240 e. The van der Waals surface area contributed by atoms with Crippen molar-refractivity contribution in [3.05, 3.63) is 59.8 Å².